The van der Waals surface area contributed by atoms with Gasteiger partial charge in [-0.1, -0.05) is 76.6 Å². The molecular weight excluding hydrogens is 400 g/mol. The lowest BCUT2D eigenvalue weighted by atomic mass is 10.0. The maximum absolute atomic E-state index is 2.46. The average Bonchev–Trinajstić information content (AvgIpc) is 3.39. The molecule has 0 radical (unpaired) electrons. The van der Waals surface area contributed by atoms with Gasteiger partial charge in [-0.25, -0.2) is 0 Å². The molecule has 0 unspecified atom stereocenters. The Morgan fingerprint density at radius 1 is 0.633 bits per heavy atom. The lowest BCUT2D eigenvalue weighted by molar-refractivity contribution is 0.670. The summed E-state index contributed by atoms with van der Waals surface area (Å²) in [6, 6.07) is 18.6. The molecule has 4 aromatic rings. The number of benzene rings is 2. The van der Waals surface area contributed by atoms with E-state index in [9.17, 15) is 0 Å². The topological polar surface area (TPSA) is 0 Å². The van der Waals surface area contributed by atoms with E-state index < -0.39 is 0 Å². The summed E-state index contributed by atoms with van der Waals surface area (Å²) in [6.07, 6.45) is 13.1. The summed E-state index contributed by atoms with van der Waals surface area (Å²) in [5.74, 6) is 0. The summed E-state index contributed by atoms with van der Waals surface area (Å²) >= 11 is 4.05. The molecule has 0 aliphatic rings. The zero-order chi connectivity index (χ0) is 20.8. The largest absolute Gasteiger partial charge is 0.140 e. The first-order valence-corrected chi connectivity index (χ1v) is 13.5. The summed E-state index contributed by atoms with van der Waals surface area (Å²) in [6.45, 7) is 4.57. The quantitative estimate of drug-likeness (QED) is 0.206. The maximum Gasteiger partial charge on any atom is 0.0438 e. The molecule has 0 fully saturated rings. The Morgan fingerprint density at radius 3 is 2.13 bits per heavy atom. The third-order valence-corrected chi connectivity index (χ3v) is 8.43. The van der Waals surface area contributed by atoms with Gasteiger partial charge >= 0.3 is 0 Å². The van der Waals surface area contributed by atoms with E-state index in [-0.39, 0.29) is 0 Å². The lowest BCUT2D eigenvalue weighted by Gasteiger charge is -2.07. The monoisotopic (exact) mass is 434 g/mol. The molecule has 0 spiro atoms. The van der Waals surface area contributed by atoms with Crippen LogP contribution in [0.2, 0.25) is 0 Å². The van der Waals surface area contributed by atoms with Crippen molar-refractivity contribution in [2.24, 2.45) is 0 Å². The minimum absolute atomic E-state index is 1.22. The van der Waals surface area contributed by atoms with E-state index in [1.807, 2.05) is 22.7 Å². The Balaban J connectivity index is 1.67. The molecule has 158 valence electrons. The van der Waals surface area contributed by atoms with E-state index in [0.29, 0.717) is 0 Å². The number of rotatable bonds is 11. The van der Waals surface area contributed by atoms with Crippen LogP contribution in [0.1, 0.15) is 75.0 Å². The van der Waals surface area contributed by atoms with E-state index >= 15 is 0 Å². The molecule has 0 bridgehead atoms. The van der Waals surface area contributed by atoms with Crippen molar-refractivity contribution in [3.8, 4) is 10.4 Å². The minimum Gasteiger partial charge on any atom is -0.140 e. The van der Waals surface area contributed by atoms with Crippen LogP contribution in [0, 0.1) is 0 Å². The highest BCUT2D eigenvalue weighted by Crippen LogP contribution is 2.43. The summed E-state index contributed by atoms with van der Waals surface area (Å²) < 4.78 is 1.48. The van der Waals surface area contributed by atoms with Gasteiger partial charge in [-0.15, -0.1) is 22.7 Å². The van der Waals surface area contributed by atoms with Gasteiger partial charge in [-0.05, 0) is 66.1 Å². The fraction of sp³-hybridized carbons (Fsp3) is 0.429. The standard InChI is InChI=1S/C28H34S2/c1-3-5-7-9-14-23-17-18-26(29-23)27-25-16-12-11-13-21(25)19-22-20-24(30-28(22)27)15-10-8-6-4-2/h11-13,16-20H,3-10,14-15H2,1-2H3. The Bertz CT molecular complexity index is 1080. The molecule has 2 heteroatoms. The van der Waals surface area contributed by atoms with Crippen molar-refractivity contribution in [1.29, 1.82) is 0 Å². The molecule has 0 amide bonds. The highest BCUT2D eigenvalue weighted by molar-refractivity contribution is 7.21. The summed E-state index contributed by atoms with van der Waals surface area (Å²) in [7, 11) is 0. The fourth-order valence-electron chi connectivity index (χ4n) is 4.37. The van der Waals surface area contributed by atoms with Gasteiger partial charge in [0.1, 0.15) is 0 Å². The molecule has 2 heterocycles. The second-order valence-electron chi connectivity index (χ2n) is 8.49. The van der Waals surface area contributed by atoms with Gasteiger partial charge in [0.25, 0.3) is 0 Å². The second-order valence-corrected chi connectivity index (χ2v) is 10.8. The van der Waals surface area contributed by atoms with Gasteiger partial charge in [0.05, 0.1) is 0 Å². The van der Waals surface area contributed by atoms with Crippen molar-refractivity contribution in [3.63, 3.8) is 0 Å². The third-order valence-electron chi connectivity index (χ3n) is 6.04. The van der Waals surface area contributed by atoms with Crippen molar-refractivity contribution < 1.29 is 0 Å². The normalized spacial score (nSPS) is 11.7. The van der Waals surface area contributed by atoms with E-state index in [1.54, 1.807) is 9.75 Å². The summed E-state index contributed by atoms with van der Waals surface area (Å²) in [4.78, 5) is 4.54. The fourth-order valence-corrected chi connectivity index (χ4v) is 6.80. The van der Waals surface area contributed by atoms with Crippen LogP contribution in [-0.2, 0) is 12.8 Å². The zero-order valence-corrected chi connectivity index (χ0v) is 20.1. The number of aryl methyl sites for hydroxylation is 2. The van der Waals surface area contributed by atoms with E-state index in [0.717, 1.165) is 0 Å². The third kappa shape index (κ3) is 4.98. The number of thiophene rings is 2. The van der Waals surface area contributed by atoms with Gasteiger partial charge in [-0.2, -0.15) is 0 Å². The Hall–Kier alpha value is -1.64. The molecule has 4 rings (SSSR count). The van der Waals surface area contributed by atoms with Crippen LogP contribution in [0.4, 0.5) is 0 Å². The zero-order valence-electron chi connectivity index (χ0n) is 18.5. The highest BCUT2D eigenvalue weighted by atomic mass is 32.1. The van der Waals surface area contributed by atoms with E-state index in [1.165, 1.54) is 95.5 Å². The first-order chi connectivity index (χ1) is 14.8. The molecule has 0 aliphatic carbocycles. The van der Waals surface area contributed by atoms with Gasteiger partial charge in [0.2, 0.25) is 0 Å². The SMILES string of the molecule is CCCCCCc1ccc(-c2c3ccccc3cc3cc(CCCCCC)sc23)s1. The molecular formula is C28H34S2. The summed E-state index contributed by atoms with van der Waals surface area (Å²) in [5.41, 5.74) is 1.47. The van der Waals surface area contributed by atoms with Crippen LogP contribution >= 0.6 is 22.7 Å². The average molecular weight is 435 g/mol. The van der Waals surface area contributed by atoms with Gasteiger partial charge in [-0.3, -0.25) is 0 Å². The molecule has 0 saturated carbocycles. The number of fused-ring (bicyclic) bond motifs is 2. The maximum atomic E-state index is 2.46. The van der Waals surface area contributed by atoms with Gasteiger partial charge in [0.15, 0.2) is 0 Å². The van der Waals surface area contributed by atoms with Crippen LogP contribution in [0.3, 0.4) is 0 Å². The molecule has 0 aliphatic heterocycles. The number of unbranched alkanes of at least 4 members (excludes halogenated alkanes) is 6. The number of hydrogen-bond acceptors (Lipinski definition) is 2. The van der Waals surface area contributed by atoms with Crippen molar-refractivity contribution in [2.75, 3.05) is 0 Å². The van der Waals surface area contributed by atoms with Crippen molar-refractivity contribution in [2.45, 2.75) is 78.1 Å². The lowest BCUT2D eigenvalue weighted by Crippen LogP contribution is -1.81. The van der Waals surface area contributed by atoms with Crippen molar-refractivity contribution in [3.05, 3.63) is 58.3 Å². The molecule has 2 aromatic heterocycles. The highest BCUT2D eigenvalue weighted by Gasteiger charge is 2.15. The Kier molecular flexibility index (Phi) is 7.62. The van der Waals surface area contributed by atoms with Crippen LogP contribution < -0.4 is 0 Å². The summed E-state index contributed by atoms with van der Waals surface area (Å²) in [5, 5.41) is 4.20. The predicted molar refractivity (Wildman–Crippen MR) is 138 cm³/mol. The van der Waals surface area contributed by atoms with Gasteiger partial charge in [0, 0.05) is 24.9 Å². The Morgan fingerprint density at radius 2 is 1.37 bits per heavy atom. The van der Waals surface area contributed by atoms with E-state index in [2.05, 4.69) is 62.4 Å². The first kappa shape index (κ1) is 21.6. The molecule has 30 heavy (non-hydrogen) atoms. The number of hydrogen-bond donors (Lipinski definition) is 0. The molecule has 0 N–H and O–H groups in total. The predicted octanol–water partition coefficient (Wildman–Crippen LogP) is 10.0. The molecule has 0 atom stereocenters. The van der Waals surface area contributed by atoms with Crippen LogP contribution in [0.5, 0.6) is 0 Å². The molecule has 2 aromatic carbocycles. The van der Waals surface area contributed by atoms with Crippen LogP contribution in [-0.4, -0.2) is 0 Å². The second kappa shape index (κ2) is 10.6. The van der Waals surface area contributed by atoms with Crippen molar-refractivity contribution in [1.82, 2.24) is 0 Å². The smallest absolute Gasteiger partial charge is 0.0438 e. The first-order valence-electron chi connectivity index (χ1n) is 11.8. The Labute approximate surface area is 190 Å². The van der Waals surface area contributed by atoms with Crippen LogP contribution in [0.15, 0.2) is 48.5 Å². The molecule has 0 nitrogen and oxygen atoms in total. The van der Waals surface area contributed by atoms with Crippen molar-refractivity contribution >= 4 is 43.5 Å². The molecule has 0 saturated heterocycles. The van der Waals surface area contributed by atoms with E-state index in [4.69, 9.17) is 0 Å². The minimum atomic E-state index is 1.22. The van der Waals surface area contributed by atoms with Gasteiger partial charge < -0.3 is 0 Å². The van der Waals surface area contributed by atoms with Crippen LogP contribution in [0.25, 0.3) is 31.3 Å².